The van der Waals surface area contributed by atoms with Crippen molar-refractivity contribution in [1.82, 2.24) is 42.5 Å². The van der Waals surface area contributed by atoms with Gasteiger partial charge in [0, 0.05) is 6.54 Å². The molecule has 8 atom stereocenters. The zero-order chi connectivity index (χ0) is 45.2. The van der Waals surface area contributed by atoms with Gasteiger partial charge in [-0.2, -0.15) is 11.8 Å². The van der Waals surface area contributed by atoms with Gasteiger partial charge in [0.1, 0.15) is 36.3 Å². The molecule has 24 heteroatoms. The number of hydrogen-bond donors (Lipinski definition) is 15. The molecule has 0 saturated carbocycles. The Morgan fingerprint density at radius 2 is 1.29 bits per heavy atom. The van der Waals surface area contributed by atoms with E-state index in [9.17, 15) is 43.5 Å². The number of carboxylic acid groups (broad SMARTS) is 1. The van der Waals surface area contributed by atoms with Crippen molar-refractivity contribution in [2.45, 2.75) is 121 Å². The standard InChI is InChI=1S/C35H66N12O11S/c1-18(2)15-24(30(53)41-16-26(50)43-25(17-48)34(57)58)46-32(55)23(11-14-59-5)44-31(54)22(10-6-7-12-36)45-33(56)27(20(4)49)47-28(51)19(3)42-29(52)21(37)9-8-13-40-35(38)39/h18-25,27,48-49H,6-17,36-37H2,1-5H3,(H,41,53)(H,42,52)(H,43,50)(H,44,54)(H,45,56)(H,46,55)(H,47,51)(H,57,58)(H4,38,39,40)/t19-,20+,21-,22-,23-,24-,25-,27-/m0/s1. The molecule has 0 unspecified atom stereocenters. The minimum Gasteiger partial charge on any atom is -0.480 e. The average Bonchev–Trinajstić information content (AvgIpc) is 3.16. The predicted molar refractivity (Wildman–Crippen MR) is 219 cm³/mol. The van der Waals surface area contributed by atoms with Crippen LogP contribution in [0.4, 0.5) is 0 Å². The van der Waals surface area contributed by atoms with Gasteiger partial charge in [0.2, 0.25) is 41.4 Å². The highest BCUT2D eigenvalue weighted by molar-refractivity contribution is 7.98. The summed E-state index contributed by atoms with van der Waals surface area (Å²) >= 11 is 1.38. The molecule has 338 valence electrons. The lowest BCUT2D eigenvalue weighted by Crippen LogP contribution is -2.61. The molecule has 0 aliphatic heterocycles. The van der Waals surface area contributed by atoms with Crippen molar-refractivity contribution >= 4 is 65.0 Å². The maximum absolute atomic E-state index is 13.8. The van der Waals surface area contributed by atoms with Gasteiger partial charge in [-0.15, -0.1) is 0 Å². The molecule has 0 saturated heterocycles. The fourth-order valence-electron chi connectivity index (χ4n) is 5.24. The highest BCUT2D eigenvalue weighted by Gasteiger charge is 2.34. The van der Waals surface area contributed by atoms with Crippen LogP contribution < -0.4 is 59.7 Å². The molecule has 0 aromatic carbocycles. The summed E-state index contributed by atoms with van der Waals surface area (Å²) in [5.41, 5.74) is 16.8. The zero-order valence-electron chi connectivity index (χ0n) is 34.4. The van der Waals surface area contributed by atoms with Crippen LogP contribution in [0, 0.1) is 11.3 Å². The van der Waals surface area contributed by atoms with Gasteiger partial charge in [0.05, 0.1) is 25.3 Å². The normalized spacial score (nSPS) is 15.1. The van der Waals surface area contributed by atoms with Gasteiger partial charge in [-0.3, -0.25) is 39.0 Å². The molecule has 0 aromatic heterocycles. The quantitative estimate of drug-likeness (QED) is 0.0183. The first kappa shape index (κ1) is 54.2. The number of amides is 7. The van der Waals surface area contributed by atoms with E-state index >= 15 is 0 Å². The van der Waals surface area contributed by atoms with Crippen molar-refractivity contribution in [1.29, 1.82) is 5.41 Å². The first-order valence-electron chi connectivity index (χ1n) is 19.3. The number of nitrogens with one attached hydrogen (secondary N) is 9. The fourth-order valence-corrected chi connectivity index (χ4v) is 5.71. The summed E-state index contributed by atoms with van der Waals surface area (Å²) in [5, 5.41) is 55.4. The largest absolute Gasteiger partial charge is 0.480 e. The first-order chi connectivity index (χ1) is 27.7. The van der Waals surface area contributed by atoms with Crippen molar-refractivity contribution < 1.29 is 53.7 Å². The predicted octanol–water partition coefficient (Wildman–Crippen LogP) is -4.99. The Kier molecular flexibility index (Phi) is 27.0. The second-order valence-electron chi connectivity index (χ2n) is 14.3. The van der Waals surface area contributed by atoms with Crippen LogP contribution in [0.1, 0.15) is 72.6 Å². The molecule has 0 aromatic rings. The van der Waals surface area contributed by atoms with Gasteiger partial charge in [0.25, 0.3) is 0 Å². The maximum atomic E-state index is 13.8. The van der Waals surface area contributed by atoms with Crippen LogP contribution in [-0.2, 0) is 38.4 Å². The van der Waals surface area contributed by atoms with Crippen molar-refractivity contribution in [3.63, 3.8) is 0 Å². The summed E-state index contributed by atoms with van der Waals surface area (Å²) < 4.78 is 0. The molecular weight excluding hydrogens is 797 g/mol. The third kappa shape index (κ3) is 22.8. The summed E-state index contributed by atoms with van der Waals surface area (Å²) in [6.45, 7) is 5.22. The van der Waals surface area contributed by atoms with Crippen LogP contribution >= 0.6 is 11.8 Å². The second kappa shape index (κ2) is 29.4. The van der Waals surface area contributed by atoms with Crippen LogP contribution in [-0.4, -0.2) is 155 Å². The molecule has 0 bridgehead atoms. The Hall–Kier alpha value is -4.78. The number of carbonyl (C=O) groups excluding carboxylic acids is 7. The SMILES string of the molecule is CSCC[C@H](NC(=O)[C@H](CCCCN)NC(=O)[C@@H](NC(=O)[C@H](C)NC(=O)[C@@H](N)CCCNC(=N)N)[C@@H](C)O)C(=O)N[C@@H](CC(C)C)C(=O)NCC(=O)N[C@@H](CO)C(=O)O. The van der Waals surface area contributed by atoms with Crippen LogP contribution in [0.2, 0.25) is 0 Å². The molecule has 0 radical (unpaired) electrons. The van der Waals surface area contributed by atoms with Crippen molar-refractivity contribution in [3.8, 4) is 0 Å². The zero-order valence-corrected chi connectivity index (χ0v) is 35.2. The summed E-state index contributed by atoms with van der Waals surface area (Å²) in [7, 11) is 0. The molecule has 59 heavy (non-hydrogen) atoms. The molecule has 0 rings (SSSR count). The molecule has 18 N–H and O–H groups in total. The van der Waals surface area contributed by atoms with E-state index in [-0.39, 0.29) is 44.1 Å². The minimum atomic E-state index is -1.58. The molecule has 0 heterocycles. The summed E-state index contributed by atoms with van der Waals surface area (Å²) in [5.74, 6) is -7.05. The summed E-state index contributed by atoms with van der Waals surface area (Å²) in [6, 6.07) is -8.99. The summed E-state index contributed by atoms with van der Waals surface area (Å²) in [4.78, 5) is 103. The van der Waals surface area contributed by atoms with Gasteiger partial charge in [0.15, 0.2) is 5.96 Å². The molecule has 0 aliphatic rings. The second-order valence-corrected chi connectivity index (χ2v) is 15.3. The van der Waals surface area contributed by atoms with E-state index in [1.54, 1.807) is 20.1 Å². The van der Waals surface area contributed by atoms with Crippen LogP contribution in [0.15, 0.2) is 0 Å². The average molecular weight is 863 g/mol. The number of aliphatic hydroxyl groups is 2. The van der Waals surface area contributed by atoms with Gasteiger partial charge in [-0.25, -0.2) is 4.79 Å². The van der Waals surface area contributed by atoms with E-state index in [4.69, 9.17) is 32.8 Å². The van der Waals surface area contributed by atoms with E-state index in [2.05, 4.69) is 42.5 Å². The number of carboxylic acids is 1. The van der Waals surface area contributed by atoms with Crippen molar-refractivity contribution in [2.24, 2.45) is 23.1 Å². The number of unbranched alkanes of at least 4 members (excludes halogenated alkanes) is 1. The Morgan fingerprint density at radius 1 is 0.695 bits per heavy atom. The molecule has 7 amide bonds. The monoisotopic (exact) mass is 862 g/mol. The third-order valence-electron chi connectivity index (χ3n) is 8.56. The molecule has 0 spiro atoms. The smallest absolute Gasteiger partial charge is 0.328 e. The summed E-state index contributed by atoms with van der Waals surface area (Å²) in [6.07, 6.45) is 2.05. The number of nitrogens with two attached hydrogens (primary N) is 3. The molecule has 23 nitrogen and oxygen atoms in total. The van der Waals surface area contributed by atoms with E-state index in [0.29, 0.717) is 31.6 Å². The number of carbonyl (C=O) groups is 8. The van der Waals surface area contributed by atoms with Gasteiger partial charge >= 0.3 is 5.97 Å². The number of aliphatic hydroxyl groups excluding tert-OH is 2. The number of aliphatic carboxylic acids is 1. The Labute approximate surface area is 348 Å². The molecule has 0 aliphatic carbocycles. The fraction of sp³-hybridized carbons (Fsp3) is 0.743. The Bertz CT molecular complexity index is 1410. The van der Waals surface area contributed by atoms with Gasteiger partial charge in [-0.05, 0) is 83.3 Å². The van der Waals surface area contributed by atoms with Crippen molar-refractivity contribution in [3.05, 3.63) is 0 Å². The van der Waals surface area contributed by atoms with Crippen LogP contribution in [0.5, 0.6) is 0 Å². The van der Waals surface area contributed by atoms with Crippen LogP contribution in [0.25, 0.3) is 0 Å². The number of rotatable bonds is 30. The van der Waals surface area contributed by atoms with Crippen LogP contribution in [0.3, 0.4) is 0 Å². The maximum Gasteiger partial charge on any atom is 0.328 e. The molecular formula is C35H66N12O11S. The lowest BCUT2D eigenvalue weighted by atomic mass is 10.0. The number of thioether (sulfide) groups is 1. The Balaban J connectivity index is 5.94. The lowest BCUT2D eigenvalue weighted by molar-refractivity contribution is -0.143. The lowest BCUT2D eigenvalue weighted by Gasteiger charge is -2.28. The van der Waals surface area contributed by atoms with E-state index in [0.717, 1.165) is 0 Å². The topological polar surface area (TPSA) is 395 Å². The van der Waals surface area contributed by atoms with E-state index in [1.165, 1.54) is 25.6 Å². The highest BCUT2D eigenvalue weighted by Crippen LogP contribution is 2.10. The van der Waals surface area contributed by atoms with E-state index < -0.39 is 109 Å². The van der Waals surface area contributed by atoms with Crippen molar-refractivity contribution in [2.75, 3.05) is 38.2 Å². The number of guanidine groups is 1. The highest BCUT2D eigenvalue weighted by atomic mass is 32.2. The third-order valence-corrected chi connectivity index (χ3v) is 9.21. The number of hydrogen-bond acceptors (Lipinski definition) is 14. The minimum absolute atomic E-state index is 0.0534. The van der Waals surface area contributed by atoms with Gasteiger partial charge < -0.3 is 75.1 Å². The Morgan fingerprint density at radius 3 is 1.81 bits per heavy atom. The van der Waals surface area contributed by atoms with Gasteiger partial charge in [-0.1, -0.05) is 13.8 Å². The molecule has 0 fully saturated rings. The first-order valence-corrected chi connectivity index (χ1v) is 20.7. The van der Waals surface area contributed by atoms with E-state index in [1.807, 2.05) is 0 Å².